The van der Waals surface area contributed by atoms with Gasteiger partial charge in [-0.1, -0.05) is 149 Å². The third-order valence-corrected chi connectivity index (χ3v) is 8.73. The molecule has 0 aromatic carbocycles. The van der Waals surface area contributed by atoms with E-state index in [0.29, 0.717) is 6.42 Å². The molecule has 1 unspecified atom stereocenters. The third kappa shape index (κ3) is 31.0. The normalized spacial score (nSPS) is 13.5. The number of carbonyl (C=O) groups excluding carboxylic acids is 2. The Labute approximate surface area is 269 Å². The summed E-state index contributed by atoms with van der Waals surface area (Å²) in [5.74, 6) is -0.827. The van der Waals surface area contributed by atoms with Crippen LogP contribution in [0.25, 0.3) is 0 Å². The van der Waals surface area contributed by atoms with E-state index in [0.717, 1.165) is 32.1 Å². The summed E-state index contributed by atoms with van der Waals surface area (Å²) in [6.45, 7) is 3.69. The SMILES string of the molecule is CCCCCCCCCCCCCCCCCCC(=O)O[C@H](COC(=O)CCCCCCCCC)COP(=O)(O)OCCN. The Balaban J connectivity index is 4.14. The van der Waals surface area contributed by atoms with Gasteiger partial charge in [0.25, 0.3) is 0 Å². The molecule has 0 amide bonds. The fourth-order valence-electron chi connectivity index (χ4n) is 5.05. The Morgan fingerprint density at radius 3 is 1.39 bits per heavy atom. The van der Waals surface area contributed by atoms with Crippen LogP contribution in [-0.2, 0) is 32.7 Å². The molecule has 0 heterocycles. The van der Waals surface area contributed by atoms with Gasteiger partial charge in [0.1, 0.15) is 6.61 Å². The predicted octanol–water partition coefficient (Wildman–Crippen LogP) is 9.33. The highest BCUT2D eigenvalue weighted by molar-refractivity contribution is 7.47. The molecule has 0 saturated heterocycles. The summed E-state index contributed by atoms with van der Waals surface area (Å²) in [6.07, 6.45) is 27.2. The first-order valence-corrected chi connectivity index (χ1v) is 19.5. The van der Waals surface area contributed by atoms with Gasteiger partial charge in [-0.15, -0.1) is 0 Å². The lowest BCUT2D eigenvalue weighted by molar-refractivity contribution is -0.161. The van der Waals surface area contributed by atoms with Crippen LogP contribution >= 0.6 is 7.82 Å². The monoisotopic (exact) mass is 649 g/mol. The molecule has 0 aliphatic carbocycles. The van der Waals surface area contributed by atoms with Crippen LogP contribution in [0.15, 0.2) is 0 Å². The summed E-state index contributed by atoms with van der Waals surface area (Å²) in [4.78, 5) is 34.5. The maximum absolute atomic E-state index is 12.5. The number of carbonyl (C=O) groups is 2. The Morgan fingerprint density at radius 2 is 0.977 bits per heavy atom. The van der Waals surface area contributed by atoms with Crippen molar-refractivity contribution >= 4 is 19.8 Å². The molecule has 44 heavy (non-hydrogen) atoms. The highest BCUT2D eigenvalue weighted by Gasteiger charge is 2.25. The topological polar surface area (TPSA) is 134 Å². The lowest BCUT2D eigenvalue weighted by Gasteiger charge is -2.19. The van der Waals surface area contributed by atoms with Gasteiger partial charge in [-0.05, 0) is 12.8 Å². The van der Waals surface area contributed by atoms with Crippen LogP contribution in [0.1, 0.15) is 174 Å². The van der Waals surface area contributed by atoms with Crippen molar-refractivity contribution in [1.29, 1.82) is 0 Å². The Hall–Kier alpha value is -0.990. The molecular weight excluding hydrogens is 581 g/mol. The van der Waals surface area contributed by atoms with Crippen molar-refractivity contribution < 1.29 is 37.6 Å². The second-order valence-corrected chi connectivity index (χ2v) is 13.6. The van der Waals surface area contributed by atoms with Crippen molar-refractivity contribution in [3.63, 3.8) is 0 Å². The molecule has 9 nitrogen and oxygen atoms in total. The summed E-state index contributed by atoms with van der Waals surface area (Å²) in [5.41, 5.74) is 5.31. The minimum atomic E-state index is -4.35. The molecule has 0 fully saturated rings. The quantitative estimate of drug-likeness (QED) is 0.0397. The van der Waals surface area contributed by atoms with E-state index in [1.165, 1.54) is 109 Å². The van der Waals surface area contributed by atoms with Crippen LogP contribution in [0.5, 0.6) is 0 Å². The van der Waals surface area contributed by atoms with Gasteiger partial charge < -0.3 is 20.1 Å². The molecule has 0 aromatic heterocycles. The van der Waals surface area contributed by atoms with Crippen LogP contribution in [0, 0.1) is 0 Å². The van der Waals surface area contributed by atoms with E-state index in [9.17, 15) is 19.0 Å². The van der Waals surface area contributed by atoms with E-state index < -0.39 is 26.5 Å². The summed E-state index contributed by atoms with van der Waals surface area (Å²) in [6, 6.07) is 0. The standard InChI is InChI=1S/C34H68NO8P/c1-3-5-7-9-11-12-13-14-15-16-17-18-19-21-23-25-27-34(37)43-32(31-42-44(38,39)41-29-28-35)30-40-33(36)26-24-22-20-10-8-6-4-2/h32H,3-31,35H2,1-2H3,(H,38,39)/t32-/m1/s1. The average molecular weight is 650 g/mol. The molecule has 0 radical (unpaired) electrons. The summed E-state index contributed by atoms with van der Waals surface area (Å²) in [7, 11) is -4.35. The molecule has 0 rings (SSSR count). The molecule has 2 atom stereocenters. The largest absolute Gasteiger partial charge is 0.472 e. The number of phosphoric ester groups is 1. The van der Waals surface area contributed by atoms with E-state index in [2.05, 4.69) is 13.8 Å². The number of esters is 2. The van der Waals surface area contributed by atoms with Crippen molar-refractivity contribution in [1.82, 2.24) is 0 Å². The first kappa shape index (κ1) is 43.0. The lowest BCUT2D eigenvalue weighted by Crippen LogP contribution is -2.29. The second-order valence-electron chi connectivity index (χ2n) is 12.1. The van der Waals surface area contributed by atoms with Crippen molar-refractivity contribution in [2.75, 3.05) is 26.4 Å². The molecule has 3 N–H and O–H groups in total. The molecular formula is C34H68NO8P. The number of ether oxygens (including phenoxy) is 2. The Morgan fingerprint density at radius 1 is 0.591 bits per heavy atom. The molecule has 10 heteroatoms. The van der Waals surface area contributed by atoms with E-state index in [1.807, 2.05) is 0 Å². The van der Waals surface area contributed by atoms with Gasteiger partial charge in [-0.2, -0.15) is 0 Å². The van der Waals surface area contributed by atoms with Gasteiger partial charge in [0.05, 0.1) is 13.2 Å². The lowest BCUT2D eigenvalue weighted by atomic mass is 10.0. The maximum Gasteiger partial charge on any atom is 0.472 e. The number of nitrogens with two attached hydrogens (primary N) is 1. The minimum absolute atomic E-state index is 0.0574. The van der Waals surface area contributed by atoms with Crippen LogP contribution in [0.3, 0.4) is 0 Å². The van der Waals surface area contributed by atoms with Gasteiger partial charge in [-0.3, -0.25) is 18.6 Å². The van der Waals surface area contributed by atoms with Crippen LogP contribution in [-0.4, -0.2) is 49.3 Å². The van der Waals surface area contributed by atoms with E-state index in [-0.39, 0.29) is 38.6 Å². The van der Waals surface area contributed by atoms with Crippen LogP contribution in [0.4, 0.5) is 0 Å². The van der Waals surface area contributed by atoms with E-state index >= 15 is 0 Å². The zero-order chi connectivity index (χ0) is 32.6. The number of rotatable bonds is 34. The highest BCUT2D eigenvalue weighted by Crippen LogP contribution is 2.43. The molecule has 262 valence electrons. The molecule has 0 aromatic rings. The number of hydrogen-bond donors (Lipinski definition) is 2. The smallest absolute Gasteiger partial charge is 0.462 e. The van der Waals surface area contributed by atoms with Crippen LogP contribution < -0.4 is 5.73 Å². The summed E-state index contributed by atoms with van der Waals surface area (Å²) in [5, 5.41) is 0. The fraction of sp³-hybridized carbons (Fsp3) is 0.941. The predicted molar refractivity (Wildman–Crippen MR) is 178 cm³/mol. The summed E-state index contributed by atoms with van der Waals surface area (Å²) < 4.78 is 32.5. The molecule has 0 saturated carbocycles. The van der Waals surface area contributed by atoms with Gasteiger partial charge in [0.2, 0.25) is 0 Å². The first-order valence-electron chi connectivity index (χ1n) is 18.0. The first-order chi connectivity index (χ1) is 21.3. The minimum Gasteiger partial charge on any atom is -0.462 e. The van der Waals surface area contributed by atoms with E-state index in [1.54, 1.807) is 0 Å². The molecule has 0 aliphatic heterocycles. The van der Waals surface area contributed by atoms with Crippen molar-refractivity contribution in [2.24, 2.45) is 5.73 Å². The van der Waals surface area contributed by atoms with Crippen molar-refractivity contribution in [3.8, 4) is 0 Å². The van der Waals surface area contributed by atoms with Crippen LogP contribution in [0.2, 0.25) is 0 Å². The average Bonchev–Trinajstić information content (AvgIpc) is 3.00. The number of unbranched alkanes of at least 4 members (excludes halogenated alkanes) is 21. The van der Waals surface area contributed by atoms with Crippen molar-refractivity contribution in [2.45, 2.75) is 180 Å². The second kappa shape index (κ2) is 32.0. The van der Waals surface area contributed by atoms with Gasteiger partial charge >= 0.3 is 19.8 Å². The molecule has 0 aliphatic rings. The van der Waals surface area contributed by atoms with Gasteiger partial charge in [-0.25, -0.2) is 4.57 Å². The zero-order valence-electron chi connectivity index (χ0n) is 28.4. The zero-order valence-corrected chi connectivity index (χ0v) is 29.3. The highest BCUT2D eigenvalue weighted by atomic mass is 31.2. The molecule has 0 spiro atoms. The Kier molecular flexibility index (Phi) is 31.3. The van der Waals surface area contributed by atoms with Crippen molar-refractivity contribution in [3.05, 3.63) is 0 Å². The number of hydrogen-bond acceptors (Lipinski definition) is 8. The van der Waals surface area contributed by atoms with Gasteiger partial charge in [0, 0.05) is 19.4 Å². The van der Waals surface area contributed by atoms with E-state index in [4.69, 9.17) is 24.3 Å². The van der Waals surface area contributed by atoms with Gasteiger partial charge in [0.15, 0.2) is 6.10 Å². The summed E-state index contributed by atoms with van der Waals surface area (Å²) >= 11 is 0. The number of phosphoric acid groups is 1. The maximum atomic E-state index is 12.5. The third-order valence-electron chi connectivity index (χ3n) is 7.74. The fourth-order valence-corrected chi connectivity index (χ4v) is 5.81. The molecule has 0 bridgehead atoms. The Bertz CT molecular complexity index is 709.